The Bertz CT molecular complexity index is 546. The lowest BCUT2D eigenvalue weighted by atomic mass is 10.1. The smallest absolute Gasteiger partial charge is 0.251 e. The van der Waals surface area contributed by atoms with Crippen molar-refractivity contribution in [1.82, 2.24) is 15.5 Å². The summed E-state index contributed by atoms with van der Waals surface area (Å²) in [5.41, 5.74) is 1.96. The number of nitrogens with zero attached hydrogens (tertiary/aromatic N) is 1. The average molecular weight is 404 g/mol. The standard InChI is InChI=1S/C19H29N3O2.2ClH/c1-3-22(4-2)13-14-24-18-7-5-17(6-8-18)19(23)21-15-16-9-11-20-12-10-16;;/h5-9,20H,3-4,10-15H2,1-2H3,(H,21,23);2*1H. The van der Waals surface area contributed by atoms with Crippen molar-refractivity contribution in [3.63, 3.8) is 0 Å². The first-order chi connectivity index (χ1) is 11.7. The first-order valence-electron chi connectivity index (χ1n) is 8.85. The second-order valence-electron chi connectivity index (χ2n) is 5.90. The highest BCUT2D eigenvalue weighted by atomic mass is 35.5. The van der Waals surface area contributed by atoms with Gasteiger partial charge in [-0.2, -0.15) is 0 Å². The Morgan fingerprint density at radius 3 is 2.46 bits per heavy atom. The Morgan fingerprint density at radius 2 is 1.88 bits per heavy atom. The number of hydrogen-bond acceptors (Lipinski definition) is 4. The molecule has 148 valence electrons. The maximum absolute atomic E-state index is 12.2. The van der Waals surface area contributed by atoms with E-state index in [2.05, 4.69) is 35.5 Å². The zero-order valence-corrected chi connectivity index (χ0v) is 17.3. The van der Waals surface area contributed by atoms with Gasteiger partial charge in [-0.3, -0.25) is 4.79 Å². The van der Waals surface area contributed by atoms with Crippen molar-refractivity contribution in [2.45, 2.75) is 20.3 Å². The number of ether oxygens (including phenoxy) is 1. The van der Waals surface area contributed by atoms with Gasteiger partial charge in [-0.1, -0.05) is 25.5 Å². The van der Waals surface area contributed by atoms with E-state index in [0.29, 0.717) is 18.7 Å². The van der Waals surface area contributed by atoms with Crippen LogP contribution in [0.1, 0.15) is 30.6 Å². The number of hydrogen-bond donors (Lipinski definition) is 2. The lowest BCUT2D eigenvalue weighted by molar-refractivity contribution is 0.0956. The molecule has 1 heterocycles. The molecule has 0 aliphatic carbocycles. The van der Waals surface area contributed by atoms with Gasteiger partial charge in [0.1, 0.15) is 12.4 Å². The molecule has 26 heavy (non-hydrogen) atoms. The number of halogens is 2. The predicted octanol–water partition coefficient (Wildman–Crippen LogP) is 2.90. The molecule has 5 nitrogen and oxygen atoms in total. The highest BCUT2D eigenvalue weighted by Crippen LogP contribution is 2.12. The van der Waals surface area contributed by atoms with Gasteiger partial charge in [0, 0.05) is 25.2 Å². The summed E-state index contributed by atoms with van der Waals surface area (Å²) in [6, 6.07) is 7.36. The Labute approximate surface area is 169 Å². The highest BCUT2D eigenvalue weighted by Gasteiger charge is 2.08. The van der Waals surface area contributed by atoms with Crippen molar-refractivity contribution in [1.29, 1.82) is 0 Å². The average Bonchev–Trinajstić information content (AvgIpc) is 2.64. The molecule has 1 aromatic rings. The van der Waals surface area contributed by atoms with Gasteiger partial charge in [-0.15, -0.1) is 24.8 Å². The van der Waals surface area contributed by atoms with E-state index in [1.165, 1.54) is 5.57 Å². The van der Waals surface area contributed by atoms with Gasteiger partial charge in [0.25, 0.3) is 5.91 Å². The lowest BCUT2D eigenvalue weighted by Gasteiger charge is -2.18. The normalized spacial score (nSPS) is 13.3. The number of amides is 1. The van der Waals surface area contributed by atoms with Gasteiger partial charge in [-0.05, 0) is 50.3 Å². The molecule has 7 heteroatoms. The minimum atomic E-state index is -0.0378. The van der Waals surface area contributed by atoms with Gasteiger partial charge < -0.3 is 20.3 Å². The molecule has 0 radical (unpaired) electrons. The second-order valence-corrected chi connectivity index (χ2v) is 5.90. The molecule has 2 rings (SSSR count). The van der Waals surface area contributed by atoms with Crippen LogP contribution in [0.15, 0.2) is 35.9 Å². The highest BCUT2D eigenvalue weighted by molar-refractivity contribution is 5.94. The molecular weight excluding hydrogens is 373 g/mol. The summed E-state index contributed by atoms with van der Waals surface area (Å²) < 4.78 is 5.74. The molecule has 0 saturated heterocycles. The molecule has 1 aromatic carbocycles. The Balaban J connectivity index is 0.00000312. The molecule has 0 atom stereocenters. The van der Waals surface area contributed by atoms with Crippen LogP contribution in [-0.4, -0.2) is 56.7 Å². The third kappa shape index (κ3) is 8.41. The molecule has 1 aliphatic heterocycles. The number of likely N-dealkylation sites (N-methyl/N-ethyl adjacent to an activating group) is 1. The van der Waals surface area contributed by atoms with Gasteiger partial charge >= 0.3 is 0 Å². The van der Waals surface area contributed by atoms with Gasteiger partial charge in [-0.25, -0.2) is 0 Å². The Hall–Kier alpha value is -1.27. The summed E-state index contributed by atoms with van der Waals surface area (Å²) in [5.74, 6) is 0.767. The summed E-state index contributed by atoms with van der Waals surface area (Å²) in [5, 5.41) is 6.24. The maximum Gasteiger partial charge on any atom is 0.251 e. The Morgan fingerprint density at radius 1 is 1.19 bits per heavy atom. The van der Waals surface area contributed by atoms with Crippen LogP contribution in [-0.2, 0) is 0 Å². The van der Waals surface area contributed by atoms with E-state index < -0.39 is 0 Å². The summed E-state index contributed by atoms with van der Waals surface area (Å²) in [7, 11) is 0. The van der Waals surface area contributed by atoms with E-state index in [-0.39, 0.29) is 30.7 Å². The fourth-order valence-electron chi connectivity index (χ4n) is 2.66. The van der Waals surface area contributed by atoms with Crippen molar-refractivity contribution in [3.05, 3.63) is 41.5 Å². The second kappa shape index (κ2) is 13.9. The molecule has 1 aliphatic rings. The van der Waals surface area contributed by atoms with Crippen molar-refractivity contribution >= 4 is 30.7 Å². The molecule has 0 bridgehead atoms. The largest absolute Gasteiger partial charge is 0.492 e. The van der Waals surface area contributed by atoms with Gasteiger partial charge in [0.2, 0.25) is 0 Å². The molecule has 0 unspecified atom stereocenters. The SMILES string of the molecule is CCN(CC)CCOc1ccc(C(=O)NCC2=CCNCC2)cc1.Cl.Cl. The molecule has 0 spiro atoms. The number of carbonyl (C=O) groups excluding carboxylic acids is 1. The van der Waals surface area contributed by atoms with Crippen LogP contribution in [0.5, 0.6) is 5.75 Å². The van der Waals surface area contributed by atoms with Gasteiger partial charge in [0.15, 0.2) is 0 Å². The predicted molar refractivity (Wildman–Crippen MR) is 112 cm³/mol. The van der Waals surface area contributed by atoms with Crippen LogP contribution >= 0.6 is 24.8 Å². The zero-order valence-electron chi connectivity index (χ0n) is 15.6. The molecule has 1 amide bonds. The van der Waals surface area contributed by atoms with E-state index in [4.69, 9.17) is 4.74 Å². The van der Waals surface area contributed by atoms with Gasteiger partial charge in [0.05, 0.1) is 0 Å². The first kappa shape index (κ1) is 24.7. The third-order valence-corrected chi connectivity index (χ3v) is 4.32. The number of rotatable bonds is 9. The van der Waals surface area contributed by atoms with E-state index in [0.717, 1.165) is 44.9 Å². The van der Waals surface area contributed by atoms with Crippen molar-refractivity contribution in [2.75, 3.05) is 45.9 Å². The summed E-state index contributed by atoms with van der Waals surface area (Å²) >= 11 is 0. The van der Waals surface area contributed by atoms with E-state index in [9.17, 15) is 4.79 Å². The fraction of sp³-hybridized carbons (Fsp3) is 0.526. The molecule has 2 N–H and O–H groups in total. The van der Waals surface area contributed by atoms with Crippen LogP contribution in [0, 0.1) is 0 Å². The van der Waals surface area contributed by atoms with Crippen LogP contribution in [0.2, 0.25) is 0 Å². The summed E-state index contributed by atoms with van der Waals surface area (Å²) in [4.78, 5) is 14.5. The molecule has 0 saturated carbocycles. The first-order valence-corrected chi connectivity index (χ1v) is 8.85. The van der Waals surface area contributed by atoms with Crippen molar-refractivity contribution in [2.24, 2.45) is 0 Å². The Kier molecular flexibility index (Phi) is 13.2. The summed E-state index contributed by atoms with van der Waals surface area (Å²) in [6.45, 7) is 10.5. The minimum absolute atomic E-state index is 0. The topological polar surface area (TPSA) is 53.6 Å². The van der Waals surface area contributed by atoms with E-state index in [1.54, 1.807) is 0 Å². The van der Waals surface area contributed by atoms with E-state index in [1.807, 2.05) is 24.3 Å². The minimum Gasteiger partial charge on any atom is -0.492 e. The lowest BCUT2D eigenvalue weighted by Crippen LogP contribution is -2.29. The van der Waals surface area contributed by atoms with Crippen LogP contribution < -0.4 is 15.4 Å². The number of benzene rings is 1. The van der Waals surface area contributed by atoms with E-state index >= 15 is 0 Å². The zero-order chi connectivity index (χ0) is 17.2. The molecule has 0 aromatic heterocycles. The monoisotopic (exact) mass is 403 g/mol. The van der Waals surface area contributed by atoms with Crippen LogP contribution in [0.3, 0.4) is 0 Å². The summed E-state index contributed by atoms with van der Waals surface area (Å²) in [6.07, 6.45) is 3.15. The number of carbonyl (C=O) groups is 1. The van der Waals surface area contributed by atoms with Crippen LogP contribution in [0.25, 0.3) is 0 Å². The molecular formula is C19H31Cl2N3O2. The third-order valence-electron chi connectivity index (χ3n) is 4.32. The maximum atomic E-state index is 12.2. The van der Waals surface area contributed by atoms with Crippen LogP contribution in [0.4, 0.5) is 0 Å². The van der Waals surface area contributed by atoms with Crippen molar-refractivity contribution in [3.8, 4) is 5.75 Å². The quantitative estimate of drug-likeness (QED) is 0.622. The van der Waals surface area contributed by atoms with Crippen molar-refractivity contribution < 1.29 is 9.53 Å². The number of nitrogens with one attached hydrogen (secondary N) is 2. The fourth-order valence-corrected chi connectivity index (χ4v) is 2.66. The molecule has 0 fully saturated rings.